The number of benzene rings is 1. The zero-order chi connectivity index (χ0) is 15.9. The summed E-state index contributed by atoms with van der Waals surface area (Å²) < 4.78 is 10.7. The van der Waals surface area contributed by atoms with E-state index in [0.717, 1.165) is 5.56 Å². The van der Waals surface area contributed by atoms with E-state index >= 15 is 0 Å². The average Bonchev–Trinajstić information content (AvgIpc) is 2.41. The second-order valence-corrected chi connectivity index (χ2v) is 5.80. The van der Waals surface area contributed by atoms with Crippen LogP contribution < -0.4 is 5.32 Å². The Morgan fingerprint density at radius 1 is 1.29 bits per heavy atom. The van der Waals surface area contributed by atoms with Crippen molar-refractivity contribution in [3.8, 4) is 0 Å². The summed E-state index contributed by atoms with van der Waals surface area (Å²) in [4.78, 5) is 22.8. The highest BCUT2D eigenvalue weighted by molar-refractivity contribution is 5.73. The van der Waals surface area contributed by atoms with Gasteiger partial charge in [0.15, 0.2) is 0 Å². The molecule has 1 rings (SSSR count). The lowest BCUT2D eigenvalue weighted by molar-refractivity contribution is -0.117. The third kappa shape index (κ3) is 6.90. The van der Waals surface area contributed by atoms with Crippen LogP contribution in [0.4, 0.5) is 4.79 Å². The first-order valence-electron chi connectivity index (χ1n) is 6.92. The Hall–Kier alpha value is -1.88. The van der Waals surface area contributed by atoms with Crippen molar-refractivity contribution in [1.82, 2.24) is 5.32 Å². The summed E-state index contributed by atoms with van der Waals surface area (Å²) in [5.41, 5.74) is 0.491. The van der Waals surface area contributed by atoms with Gasteiger partial charge in [0.25, 0.3) is 0 Å². The Labute approximate surface area is 125 Å². The van der Waals surface area contributed by atoms with Gasteiger partial charge >= 0.3 is 6.09 Å². The minimum Gasteiger partial charge on any atom is -0.445 e. The molecule has 0 aliphatic heterocycles. The predicted octanol–water partition coefficient (Wildman–Crippen LogP) is 2.68. The predicted molar refractivity (Wildman–Crippen MR) is 79.9 cm³/mol. The fraction of sp³-hybridized carbons (Fsp3) is 0.500. The Bertz CT molecular complexity index is 453. The van der Waals surface area contributed by atoms with Crippen LogP contribution >= 0.6 is 0 Å². The largest absolute Gasteiger partial charge is 0.445 e. The maximum Gasteiger partial charge on any atom is 0.408 e. The molecular formula is C16H23NO4. The first-order chi connectivity index (χ1) is 9.81. The summed E-state index contributed by atoms with van der Waals surface area (Å²) in [6.07, 6.45) is -0.424. The normalized spacial score (nSPS) is 14.1. The average molecular weight is 293 g/mol. The van der Waals surface area contributed by atoms with Crippen molar-refractivity contribution in [2.24, 2.45) is 0 Å². The number of amides is 1. The molecule has 2 atom stereocenters. The topological polar surface area (TPSA) is 64.6 Å². The van der Waals surface area contributed by atoms with Crippen molar-refractivity contribution in [1.29, 1.82) is 0 Å². The third-order valence-electron chi connectivity index (χ3n) is 2.69. The van der Waals surface area contributed by atoms with E-state index in [1.165, 1.54) is 0 Å². The van der Waals surface area contributed by atoms with Crippen LogP contribution in [0, 0.1) is 0 Å². The summed E-state index contributed by atoms with van der Waals surface area (Å²) in [5, 5.41) is 2.51. The van der Waals surface area contributed by atoms with Gasteiger partial charge in [-0.2, -0.15) is 0 Å². The Kier molecular flexibility index (Phi) is 6.37. The van der Waals surface area contributed by atoms with E-state index in [1.54, 1.807) is 6.92 Å². The van der Waals surface area contributed by atoms with Gasteiger partial charge in [-0.25, -0.2) is 4.79 Å². The highest BCUT2D eigenvalue weighted by atomic mass is 16.5. The first-order valence-corrected chi connectivity index (χ1v) is 6.92. The van der Waals surface area contributed by atoms with E-state index in [1.807, 2.05) is 51.1 Å². The number of nitrogens with one attached hydrogen (secondary N) is 1. The summed E-state index contributed by atoms with van der Waals surface area (Å²) in [6, 6.07) is 8.59. The molecule has 2 unspecified atom stereocenters. The van der Waals surface area contributed by atoms with Gasteiger partial charge in [0.1, 0.15) is 18.9 Å². The lowest BCUT2D eigenvalue weighted by atomic mass is 10.1. The Morgan fingerprint density at radius 2 is 1.90 bits per heavy atom. The molecule has 0 saturated heterocycles. The van der Waals surface area contributed by atoms with E-state index in [2.05, 4.69) is 5.32 Å². The molecule has 0 aliphatic carbocycles. The SMILES string of the molecule is CC(OC(C)(C)C)C(C=O)NC(=O)OCc1ccccc1. The molecule has 0 aromatic heterocycles. The van der Waals surface area contributed by atoms with E-state index in [4.69, 9.17) is 9.47 Å². The molecule has 1 aromatic rings. The maximum absolute atomic E-state index is 11.7. The molecule has 116 valence electrons. The number of rotatable bonds is 6. The molecule has 0 fully saturated rings. The number of alkyl carbamates (subject to hydrolysis) is 1. The molecule has 1 amide bonds. The number of ether oxygens (including phenoxy) is 2. The van der Waals surface area contributed by atoms with Gasteiger partial charge in [0.05, 0.1) is 11.7 Å². The highest BCUT2D eigenvalue weighted by Gasteiger charge is 2.24. The van der Waals surface area contributed by atoms with Crippen molar-refractivity contribution >= 4 is 12.4 Å². The minimum absolute atomic E-state index is 0.159. The molecule has 0 saturated carbocycles. The molecular weight excluding hydrogens is 270 g/mol. The van der Waals surface area contributed by atoms with Gasteiger partial charge in [0.2, 0.25) is 0 Å². The van der Waals surface area contributed by atoms with E-state index in [0.29, 0.717) is 6.29 Å². The van der Waals surface area contributed by atoms with Gasteiger partial charge < -0.3 is 19.6 Å². The van der Waals surface area contributed by atoms with Gasteiger partial charge in [-0.05, 0) is 33.3 Å². The van der Waals surface area contributed by atoms with Crippen LogP contribution in [0.1, 0.15) is 33.3 Å². The smallest absolute Gasteiger partial charge is 0.408 e. The summed E-state index contributed by atoms with van der Waals surface area (Å²) >= 11 is 0. The van der Waals surface area contributed by atoms with Crippen molar-refractivity contribution in [3.63, 3.8) is 0 Å². The zero-order valence-corrected chi connectivity index (χ0v) is 13.0. The fourth-order valence-corrected chi connectivity index (χ4v) is 1.79. The standard InChI is InChI=1S/C16H23NO4/c1-12(21-16(2,3)4)14(10-18)17-15(19)20-11-13-8-6-5-7-9-13/h5-10,12,14H,11H2,1-4H3,(H,17,19). The highest BCUT2D eigenvalue weighted by Crippen LogP contribution is 2.12. The third-order valence-corrected chi connectivity index (χ3v) is 2.69. The van der Waals surface area contributed by atoms with Crippen LogP contribution in [0.25, 0.3) is 0 Å². The van der Waals surface area contributed by atoms with E-state index in [-0.39, 0.29) is 6.61 Å². The van der Waals surface area contributed by atoms with Crippen LogP contribution in [0.3, 0.4) is 0 Å². The van der Waals surface area contributed by atoms with E-state index < -0.39 is 23.8 Å². The first kappa shape index (κ1) is 17.2. The van der Waals surface area contributed by atoms with Crippen LogP contribution in [-0.2, 0) is 20.9 Å². The van der Waals surface area contributed by atoms with Gasteiger partial charge in [-0.3, -0.25) is 0 Å². The van der Waals surface area contributed by atoms with Crippen molar-refractivity contribution < 1.29 is 19.1 Å². The second-order valence-electron chi connectivity index (χ2n) is 5.80. The molecule has 0 radical (unpaired) electrons. The van der Waals surface area contributed by atoms with Crippen LogP contribution in [0.15, 0.2) is 30.3 Å². The summed E-state index contributed by atoms with van der Waals surface area (Å²) in [7, 11) is 0. The quantitative estimate of drug-likeness (QED) is 0.819. The molecule has 21 heavy (non-hydrogen) atoms. The minimum atomic E-state index is -0.743. The molecule has 1 aromatic carbocycles. The number of hydrogen-bond acceptors (Lipinski definition) is 4. The summed E-state index contributed by atoms with van der Waals surface area (Å²) in [5.74, 6) is 0. The molecule has 0 bridgehead atoms. The molecule has 1 N–H and O–H groups in total. The van der Waals surface area contributed by atoms with E-state index in [9.17, 15) is 9.59 Å². The van der Waals surface area contributed by atoms with Crippen molar-refractivity contribution in [3.05, 3.63) is 35.9 Å². The number of hydrogen-bond donors (Lipinski definition) is 1. The second kappa shape index (κ2) is 7.78. The molecule has 0 spiro atoms. The van der Waals surface area contributed by atoms with Crippen LogP contribution in [-0.4, -0.2) is 30.1 Å². The van der Waals surface area contributed by atoms with Crippen LogP contribution in [0.5, 0.6) is 0 Å². The van der Waals surface area contributed by atoms with Crippen LogP contribution in [0.2, 0.25) is 0 Å². The maximum atomic E-state index is 11.7. The number of carbonyl (C=O) groups excluding carboxylic acids is 2. The Morgan fingerprint density at radius 3 is 2.43 bits per heavy atom. The molecule has 5 nitrogen and oxygen atoms in total. The van der Waals surface area contributed by atoms with Gasteiger partial charge in [-0.15, -0.1) is 0 Å². The lowest BCUT2D eigenvalue weighted by Gasteiger charge is -2.28. The monoisotopic (exact) mass is 293 g/mol. The Balaban J connectivity index is 2.45. The molecule has 5 heteroatoms. The van der Waals surface area contributed by atoms with Gasteiger partial charge in [-0.1, -0.05) is 30.3 Å². The number of carbonyl (C=O) groups is 2. The molecule has 0 aliphatic rings. The zero-order valence-electron chi connectivity index (χ0n) is 13.0. The van der Waals surface area contributed by atoms with Crippen molar-refractivity contribution in [2.75, 3.05) is 0 Å². The van der Waals surface area contributed by atoms with Gasteiger partial charge in [0, 0.05) is 0 Å². The number of aldehydes is 1. The lowest BCUT2D eigenvalue weighted by Crippen LogP contribution is -2.46. The molecule has 0 heterocycles. The summed E-state index contributed by atoms with van der Waals surface area (Å²) in [6.45, 7) is 7.56. The fourth-order valence-electron chi connectivity index (χ4n) is 1.79. The van der Waals surface area contributed by atoms with Crippen molar-refractivity contribution in [2.45, 2.75) is 52.0 Å².